The number of hydrogen-bond acceptors (Lipinski definition) is 0. The van der Waals surface area contributed by atoms with Gasteiger partial charge in [0.1, 0.15) is 0 Å². The Balaban J connectivity index is 1.91. The quantitative estimate of drug-likeness (QED) is 0.634. The Morgan fingerprint density at radius 3 is 2.35 bits per heavy atom. The van der Waals surface area contributed by atoms with Crippen LogP contribution in [0.3, 0.4) is 0 Å². The van der Waals surface area contributed by atoms with E-state index in [2.05, 4.69) is 55.5 Å². The molecule has 1 spiro atoms. The molecule has 2 unspecified atom stereocenters. The molecule has 2 aromatic rings. The van der Waals surface area contributed by atoms with Crippen LogP contribution in [-0.2, 0) is 18.3 Å². The Bertz CT molecular complexity index is 640. The van der Waals surface area contributed by atoms with Gasteiger partial charge in [-0.15, -0.1) is 0 Å². The number of benzene rings is 2. The van der Waals surface area contributed by atoms with E-state index in [0.29, 0.717) is 5.41 Å². The molecule has 0 nitrogen and oxygen atoms in total. The molecule has 0 bridgehead atoms. The van der Waals surface area contributed by atoms with Crippen molar-refractivity contribution >= 4 is 0 Å². The second-order valence-electron chi connectivity index (χ2n) is 6.91. The van der Waals surface area contributed by atoms with Crippen molar-refractivity contribution in [2.24, 2.45) is 5.92 Å². The highest BCUT2D eigenvalue weighted by Gasteiger charge is 2.41. The summed E-state index contributed by atoms with van der Waals surface area (Å²) in [7, 11) is 0. The van der Waals surface area contributed by atoms with Crippen molar-refractivity contribution < 1.29 is 0 Å². The third-order valence-electron chi connectivity index (χ3n) is 5.47. The van der Waals surface area contributed by atoms with Gasteiger partial charge in [-0.3, -0.25) is 0 Å². The van der Waals surface area contributed by atoms with Gasteiger partial charge in [-0.05, 0) is 65.7 Å². The van der Waals surface area contributed by atoms with Gasteiger partial charge in [-0.1, -0.05) is 55.5 Å². The molecule has 0 heterocycles. The molecule has 0 N–H and O–H groups in total. The van der Waals surface area contributed by atoms with Gasteiger partial charge in [-0.25, -0.2) is 0 Å². The maximum Gasteiger partial charge on any atom is -0.000108 e. The molecule has 0 aliphatic heterocycles. The smallest absolute Gasteiger partial charge is 0.000108 e. The monoisotopic (exact) mass is 262 g/mol. The fourth-order valence-corrected chi connectivity index (χ4v) is 4.56. The van der Waals surface area contributed by atoms with Gasteiger partial charge < -0.3 is 0 Å². The summed E-state index contributed by atoms with van der Waals surface area (Å²) in [5.41, 5.74) is 6.73. The molecule has 0 amide bonds. The van der Waals surface area contributed by atoms with Crippen molar-refractivity contribution in [3.05, 3.63) is 70.8 Å². The average molecular weight is 262 g/mol. The zero-order chi connectivity index (χ0) is 13.6. The molecule has 2 aliphatic carbocycles. The average Bonchev–Trinajstić information content (AvgIpc) is 2.77. The Hall–Kier alpha value is -1.56. The maximum absolute atomic E-state index is 2.42. The molecule has 102 valence electrons. The highest BCUT2D eigenvalue weighted by Crippen LogP contribution is 2.49. The van der Waals surface area contributed by atoms with Crippen molar-refractivity contribution in [3.63, 3.8) is 0 Å². The summed E-state index contributed by atoms with van der Waals surface area (Å²) < 4.78 is 0. The van der Waals surface area contributed by atoms with Crippen LogP contribution in [0.15, 0.2) is 48.5 Å². The van der Waals surface area contributed by atoms with Gasteiger partial charge in [0, 0.05) is 0 Å². The molecule has 4 rings (SSSR count). The predicted octanol–water partition coefficient (Wildman–Crippen LogP) is 4.89. The lowest BCUT2D eigenvalue weighted by Gasteiger charge is -2.30. The highest BCUT2D eigenvalue weighted by atomic mass is 14.5. The van der Waals surface area contributed by atoms with Crippen LogP contribution in [0.1, 0.15) is 48.4 Å². The molecule has 2 aliphatic rings. The highest BCUT2D eigenvalue weighted by molar-refractivity contribution is 5.46. The van der Waals surface area contributed by atoms with Gasteiger partial charge in [0.2, 0.25) is 0 Å². The summed E-state index contributed by atoms with van der Waals surface area (Å²) in [5, 5.41) is 0. The minimum Gasteiger partial charge on any atom is -0.0625 e. The van der Waals surface area contributed by atoms with Crippen LogP contribution in [0.2, 0.25) is 0 Å². The molecule has 0 saturated heterocycles. The summed E-state index contributed by atoms with van der Waals surface area (Å²) in [6, 6.07) is 18.3. The van der Waals surface area contributed by atoms with E-state index in [0.717, 1.165) is 12.3 Å². The zero-order valence-electron chi connectivity index (χ0n) is 12.2. The van der Waals surface area contributed by atoms with E-state index < -0.39 is 0 Å². The van der Waals surface area contributed by atoms with E-state index in [1.807, 2.05) is 0 Å². The van der Waals surface area contributed by atoms with Crippen LogP contribution in [-0.4, -0.2) is 0 Å². The van der Waals surface area contributed by atoms with Gasteiger partial charge in [0.05, 0.1) is 0 Å². The lowest BCUT2D eigenvalue weighted by Crippen LogP contribution is -2.26. The summed E-state index contributed by atoms with van der Waals surface area (Å²) >= 11 is 0. The first-order chi connectivity index (χ1) is 9.77. The Morgan fingerprint density at radius 1 is 0.900 bits per heavy atom. The molecule has 0 radical (unpaired) electrons. The van der Waals surface area contributed by atoms with E-state index in [4.69, 9.17) is 0 Å². The largest absolute Gasteiger partial charge is 0.0625 e. The molecule has 1 saturated carbocycles. The normalized spacial score (nSPS) is 27.9. The topological polar surface area (TPSA) is 0 Å². The standard InChI is InChI=1S/C20H22/c1-15-10-11-20(13-15)14-18-8-3-2-6-16(18)12-17-7-4-5-9-19(17)20/h2-9,15H,10-14H2,1H3. The Morgan fingerprint density at radius 2 is 1.60 bits per heavy atom. The summed E-state index contributed by atoms with van der Waals surface area (Å²) in [5.74, 6) is 0.869. The van der Waals surface area contributed by atoms with Gasteiger partial charge >= 0.3 is 0 Å². The van der Waals surface area contributed by atoms with Crippen LogP contribution in [0, 0.1) is 5.92 Å². The molecule has 2 atom stereocenters. The summed E-state index contributed by atoms with van der Waals surface area (Å²) in [4.78, 5) is 0. The van der Waals surface area contributed by atoms with Crippen molar-refractivity contribution in [2.75, 3.05) is 0 Å². The van der Waals surface area contributed by atoms with Crippen LogP contribution in [0.4, 0.5) is 0 Å². The number of fused-ring (bicyclic) bond motifs is 3. The number of rotatable bonds is 0. The Kier molecular flexibility index (Phi) is 2.73. The van der Waals surface area contributed by atoms with Crippen LogP contribution in [0.5, 0.6) is 0 Å². The fourth-order valence-electron chi connectivity index (χ4n) is 4.56. The van der Waals surface area contributed by atoms with Crippen molar-refractivity contribution in [1.82, 2.24) is 0 Å². The first-order valence-corrected chi connectivity index (χ1v) is 7.92. The van der Waals surface area contributed by atoms with Crippen LogP contribution >= 0.6 is 0 Å². The second-order valence-corrected chi connectivity index (χ2v) is 6.91. The third kappa shape index (κ3) is 1.82. The molecule has 0 aromatic heterocycles. The predicted molar refractivity (Wildman–Crippen MR) is 84.1 cm³/mol. The Labute approximate surface area is 121 Å². The number of hydrogen-bond donors (Lipinski definition) is 0. The third-order valence-corrected chi connectivity index (χ3v) is 5.47. The zero-order valence-corrected chi connectivity index (χ0v) is 12.2. The van der Waals surface area contributed by atoms with E-state index in [-0.39, 0.29) is 0 Å². The lowest BCUT2D eigenvalue weighted by atomic mass is 9.73. The van der Waals surface area contributed by atoms with E-state index in [1.54, 1.807) is 16.7 Å². The summed E-state index contributed by atoms with van der Waals surface area (Å²) in [6.07, 6.45) is 6.46. The van der Waals surface area contributed by atoms with Crippen molar-refractivity contribution in [3.8, 4) is 0 Å². The van der Waals surface area contributed by atoms with Crippen LogP contribution < -0.4 is 0 Å². The van der Waals surface area contributed by atoms with Crippen molar-refractivity contribution in [1.29, 1.82) is 0 Å². The van der Waals surface area contributed by atoms with E-state index in [1.165, 1.54) is 31.2 Å². The first-order valence-electron chi connectivity index (χ1n) is 7.92. The minimum absolute atomic E-state index is 0.405. The van der Waals surface area contributed by atoms with E-state index in [9.17, 15) is 0 Å². The maximum atomic E-state index is 2.42. The van der Waals surface area contributed by atoms with Gasteiger partial charge in [-0.2, -0.15) is 0 Å². The van der Waals surface area contributed by atoms with E-state index >= 15 is 0 Å². The van der Waals surface area contributed by atoms with Gasteiger partial charge in [0.15, 0.2) is 0 Å². The minimum atomic E-state index is 0.405. The first kappa shape index (κ1) is 12.2. The summed E-state index contributed by atoms with van der Waals surface area (Å²) in [6.45, 7) is 2.42. The molecule has 20 heavy (non-hydrogen) atoms. The molecular formula is C20H22. The SMILES string of the molecule is CC1CCC2(Cc3ccccc3Cc3ccccc32)C1. The molecule has 2 aromatic carbocycles. The molecular weight excluding hydrogens is 240 g/mol. The van der Waals surface area contributed by atoms with Crippen LogP contribution in [0.25, 0.3) is 0 Å². The fraction of sp³-hybridized carbons (Fsp3) is 0.400. The van der Waals surface area contributed by atoms with Crippen molar-refractivity contribution in [2.45, 2.75) is 44.4 Å². The molecule has 1 fully saturated rings. The van der Waals surface area contributed by atoms with Gasteiger partial charge in [0.25, 0.3) is 0 Å². The second kappa shape index (κ2) is 4.48. The lowest BCUT2D eigenvalue weighted by molar-refractivity contribution is 0.420. The molecule has 0 heteroatoms.